The van der Waals surface area contributed by atoms with Gasteiger partial charge < -0.3 is 29.0 Å². The molecule has 0 amide bonds. The first-order valence-corrected chi connectivity index (χ1v) is 23.0. The number of rotatable bonds is 10. The summed E-state index contributed by atoms with van der Waals surface area (Å²) in [6.07, 6.45) is -7.17. The topological polar surface area (TPSA) is 172 Å². The largest absolute Gasteiger partial charge is 0.488 e. The monoisotopic (exact) mass is 1150 g/mol. The third-order valence-electron chi connectivity index (χ3n) is 9.83. The van der Waals surface area contributed by atoms with E-state index in [0.717, 1.165) is 33.3 Å². The van der Waals surface area contributed by atoms with Crippen LogP contribution in [0.15, 0.2) is 122 Å². The summed E-state index contributed by atoms with van der Waals surface area (Å²) in [4.78, 5) is 34.2. The molecule has 0 fully saturated rings. The van der Waals surface area contributed by atoms with Gasteiger partial charge in [-0.25, -0.2) is 37.4 Å². The number of halogens is 9. The van der Waals surface area contributed by atoms with Crippen molar-refractivity contribution in [2.24, 2.45) is 0 Å². The van der Waals surface area contributed by atoms with Crippen LogP contribution in [0.4, 0.5) is 35.1 Å². The number of nitrogens with zero attached hydrogens (tertiary/aromatic N) is 6. The second-order valence-corrected chi connectivity index (χ2v) is 18.9. The summed E-state index contributed by atoms with van der Waals surface area (Å²) in [5.74, 6) is -3.59. The standard InChI is InChI=1S/C25H21F4N3O3.C18H18IN3O3.C7H5BF4O2/c1-24(2,3)35-23(33)21-20(34-13-15-7-5-4-6-8-15)12-19(32-22(21)30-14-31-32)16-9-10-18(26)17(11-16)25(27,28)29;1-18(2,3)25-17(23)15-13(24-10-12-7-5-4-6-8-12)9-14(19)22-16(15)20-11-21-22;9-6-2-1-4(8(13)14)3-5(6)7(10,11)12/h4-12,14H,13H2,1-3H3;4-9,11H,10H2,1-3H3;1-3,13-14H. The summed E-state index contributed by atoms with van der Waals surface area (Å²) in [5.41, 5.74) is -2.15. The molecule has 4 aromatic carbocycles. The van der Waals surface area contributed by atoms with Gasteiger partial charge in [0.15, 0.2) is 11.3 Å². The highest BCUT2D eigenvalue weighted by Crippen LogP contribution is 2.37. The third-order valence-corrected chi connectivity index (χ3v) is 10.6. The SMILES string of the molecule is CC(C)(C)OC(=O)c1c(OCc2ccccc2)cc(-c2ccc(F)c(C(F)(F)F)c2)n2ncnc12.CC(C)(C)OC(=O)c1c(OCc2ccccc2)cc(I)n2ncnc12.OB(O)c1ccc(F)c(C(F)(F)F)c1. The van der Waals surface area contributed by atoms with E-state index in [1.807, 2.05) is 81.4 Å². The smallest absolute Gasteiger partial charge is 0.488 e. The molecule has 4 heterocycles. The first kappa shape index (κ1) is 56.1. The minimum atomic E-state index is -4.90. The first-order chi connectivity index (χ1) is 34.6. The molecule has 0 spiro atoms. The van der Waals surface area contributed by atoms with Gasteiger partial charge in [-0.15, -0.1) is 0 Å². The predicted molar refractivity (Wildman–Crippen MR) is 262 cm³/mol. The fourth-order valence-electron chi connectivity index (χ4n) is 6.64. The first-order valence-electron chi connectivity index (χ1n) is 21.9. The molecule has 388 valence electrons. The Kier molecular flexibility index (Phi) is 17.4. The fourth-order valence-corrected chi connectivity index (χ4v) is 7.28. The van der Waals surface area contributed by atoms with E-state index in [2.05, 4.69) is 42.8 Å². The van der Waals surface area contributed by atoms with E-state index in [1.165, 1.54) is 23.0 Å². The van der Waals surface area contributed by atoms with Crippen molar-refractivity contribution in [3.63, 3.8) is 0 Å². The number of pyridine rings is 2. The molecule has 0 radical (unpaired) electrons. The molecule has 24 heteroatoms. The molecule has 0 unspecified atom stereocenters. The Bertz CT molecular complexity index is 3250. The molecular weight excluding hydrogens is 1100 g/mol. The van der Waals surface area contributed by atoms with Gasteiger partial charge in [0.1, 0.15) is 75.0 Å². The second kappa shape index (κ2) is 22.9. The maximum atomic E-state index is 13.9. The normalized spacial score (nSPS) is 11.8. The van der Waals surface area contributed by atoms with Crippen LogP contribution in [0.5, 0.6) is 11.5 Å². The van der Waals surface area contributed by atoms with E-state index in [-0.39, 0.29) is 40.4 Å². The van der Waals surface area contributed by atoms with Crippen LogP contribution in [0.25, 0.3) is 22.6 Å². The van der Waals surface area contributed by atoms with Gasteiger partial charge in [-0.3, -0.25) is 0 Å². The fraction of sp³-hybridized carbons (Fsp3) is 0.240. The molecule has 0 bridgehead atoms. The highest BCUT2D eigenvalue weighted by atomic mass is 127. The van der Waals surface area contributed by atoms with Gasteiger partial charge in [-0.05, 0) is 111 Å². The van der Waals surface area contributed by atoms with Crippen LogP contribution in [0.3, 0.4) is 0 Å². The average molecular weight is 1150 g/mol. The Morgan fingerprint density at radius 1 is 0.595 bits per heavy atom. The molecule has 74 heavy (non-hydrogen) atoms. The zero-order chi connectivity index (χ0) is 54.3. The number of benzene rings is 4. The summed E-state index contributed by atoms with van der Waals surface area (Å²) in [6, 6.07) is 26.4. The molecule has 0 aliphatic carbocycles. The lowest BCUT2D eigenvalue weighted by Gasteiger charge is -2.21. The third kappa shape index (κ3) is 14.5. The number of carbonyl (C=O) groups is 2. The Morgan fingerprint density at radius 3 is 1.49 bits per heavy atom. The van der Waals surface area contributed by atoms with Crippen molar-refractivity contribution < 1.29 is 73.7 Å². The molecule has 0 aliphatic heterocycles. The van der Waals surface area contributed by atoms with Crippen molar-refractivity contribution in [1.29, 1.82) is 0 Å². The van der Waals surface area contributed by atoms with Crippen LogP contribution >= 0.6 is 22.6 Å². The van der Waals surface area contributed by atoms with Crippen molar-refractivity contribution in [2.75, 3.05) is 0 Å². The molecule has 2 N–H and O–H groups in total. The number of aromatic nitrogens is 6. The van der Waals surface area contributed by atoms with Gasteiger partial charge in [-0.1, -0.05) is 66.7 Å². The van der Waals surface area contributed by atoms with Gasteiger partial charge in [0, 0.05) is 17.7 Å². The van der Waals surface area contributed by atoms with Gasteiger partial charge in [-0.2, -0.15) is 36.5 Å². The predicted octanol–water partition coefficient (Wildman–Crippen LogP) is 10.5. The lowest BCUT2D eigenvalue weighted by atomic mass is 9.79. The Hall–Kier alpha value is -7.19. The molecule has 8 aromatic rings. The number of ether oxygens (including phenoxy) is 4. The molecule has 8 rings (SSSR count). The quantitative estimate of drug-likeness (QED) is 0.0437. The van der Waals surface area contributed by atoms with Gasteiger partial charge in [0.25, 0.3) is 0 Å². The van der Waals surface area contributed by atoms with Crippen LogP contribution < -0.4 is 14.9 Å². The minimum Gasteiger partial charge on any atom is -0.488 e. The van der Waals surface area contributed by atoms with Crippen molar-refractivity contribution >= 4 is 58.4 Å². The minimum absolute atomic E-state index is 0.00882. The summed E-state index contributed by atoms with van der Waals surface area (Å²) in [5, 5.41) is 25.4. The molecule has 4 aromatic heterocycles. The lowest BCUT2D eigenvalue weighted by Crippen LogP contribution is -2.31. The van der Waals surface area contributed by atoms with Crippen LogP contribution in [-0.4, -0.2) is 69.5 Å². The van der Waals surface area contributed by atoms with E-state index >= 15 is 0 Å². The summed E-state index contributed by atoms with van der Waals surface area (Å²) < 4.78 is 129. The maximum Gasteiger partial charge on any atom is 0.488 e. The Balaban J connectivity index is 0.000000198. The summed E-state index contributed by atoms with van der Waals surface area (Å²) in [7, 11) is -2.04. The van der Waals surface area contributed by atoms with Gasteiger partial charge >= 0.3 is 31.4 Å². The van der Waals surface area contributed by atoms with E-state index in [0.29, 0.717) is 36.2 Å². The van der Waals surface area contributed by atoms with Crippen LogP contribution in [-0.2, 0) is 35.0 Å². The molecular formula is C50H44BF8IN6O8. The van der Waals surface area contributed by atoms with Crippen molar-refractivity contribution in [3.8, 4) is 22.8 Å². The number of fused-ring (bicyclic) bond motifs is 2. The highest BCUT2D eigenvalue weighted by Gasteiger charge is 2.36. The van der Waals surface area contributed by atoms with Crippen molar-refractivity contribution in [1.82, 2.24) is 29.2 Å². The molecule has 0 aliphatic rings. The Labute approximate surface area is 431 Å². The average Bonchev–Trinajstić information content (AvgIpc) is 4.01. The molecule has 0 atom stereocenters. The number of carbonyl (C=O) groups excluding carboxylic acids is 2. The van der Waals surface area contributed by atoms with Gasteiger partial charge in [0.2, 0.25) is 0 Å². The lowest BCUT2D eigenvalue weighted by molar-refractivity contribution is -0.140. The number of alkyl halides is 6. The maximum absolute atomic E-state index is 13.9. The van der Waals surface area contributed by atoms with Gasteiger partial charge in [0.05, 0.1) is 16.8 Å². The zero-order valence-corrected chi connectivity index (χ0v) is 42.1. The van der Waals surface area contributed by atoms with Crippen molar-refractivity contribution in [2.45, 2.75) is 78.3 Å². The zero-order valence-electron chi connectivity index (χ0n) is 40.0. The van der Waals surface area contributed by atoms with E-state index < -0.39 is 70.8 Å². The van der Waals surface area contributed by atoms with Crippen LogP contribution in [0.2, 0.25) is 0 Å². The summed E-state index contributed by atoms with van der Waals surface area (Å²) in [6.45, 7) is 11.0. The number of hydrogen-bond acceptors (Lipinski definition) is 12. The number of esters is 2. The molecule has 14 nitrogen and oxygen atoms in total. The van der Waals surface area contributed by atoms with Crippen LogP contribution in [0.1, 0.15) is 84.5 Å². The second-order valence-electron chi connectivity index (χ2n) is 17.8. The highest BCUT2D eigenvalue weighted by molar-refractivity contribution is 14.1. The Morgan fingerprint density at radius 2 is 1.03 bits per heavy atom. The van der Waals surface area contributed by atoms with E-state index in [4.69, 9.17) is 29.0 Å². The van der Waals surface area contributed by atoms with Crippen molar-refractivity contribution in [3.05, 3.63) is 171 Å². The van der Waals surface area contributed by atoms with E-state index in [1.54, 1.807) is 31.4 Å². The molecule has 0 saturated carbocycles. The molecule has 0 saturated heterocycles. The number of hydrogen-bond donors (Lipinski definition) is 2. The van der Waals surface area contributed by atoms with E-state index in [9.17, 15) is 44.7 Å². The van der Waals surface area contributed by atoms with Crippen LogP contribution in [0, 0.1) is 15.3 Å². The summed E-state index contributed by atoms with van der Waals surface area (Å²) >= 11 is 2.13.